The lowest BCUT2D eigenvalue weighted by Crippen LogP contribution is -2.29. The lowest BCUT2D eigenvalue weighted by atomic mass is 9.87. The van der Waals surface area contributed by atoms with Gasteiger partial charge in [-0.25, -0.2) is 13.4 Å². The van der Waals surface area contributed by atoms with Gasteiger partial charge in [0, 0.05) is 11.6 Å². The second kappa shape index (κ2) is 11.2. The summed E-state index contributed by atoms with van der Waals surface area (Å²) >= 11 is 6.34. The van der Waals surface area contributed by atoms with E-state index in [0.29, 0.717) is 11.4 Å². The van der Waals surface area contributed by atoms with Crippen LogP contribution in [0.15, 0.2) is 47.5 Å². The van der Waals surface area contributed by atoms with Crippen LogP contribution in [0.5, 0.6) is 0 Å². The van der Waals surface area contributed by atoms with Crippen molar-refractivity contribution < 1.29 is 13.3 Å². The molecule has 1 saturated heterocycles. The normalized spacial score (nSPS) is 15.0. The monoisotopic (exact) mass is 558 g/mol. The molecule has 1 aliphatic heterocycles. The molecular weight excluding hydrogens is 528 g/mol. The molecule has 0 spiro atoms. The van der Waals surface area contributed by atoms with Crippen LogP contribution >= 0.6 is 11.6 Å². The number of nitro benzene ring substituents is 1. The Morgan fingerprint density at radius 3 is 2.47 bits per heavy atom. The highest BCUT2D eigenvalue weighted by molar-refractivity contribution is 7.92. The molecule has 2 aromatic carbocycles. The van der Waals surface area contributed by atoms with Crippen molar-refractivity contribution in [2.75, 3.05) is 30.8 Å². The van der Waals surface area contributed by atoms with E-state index in [2.05, 4.69) is 32.5 Å². The molecule has 4 rings (SSSR count). The largest absolute Gasteiger partial charge is 0.338 e. The number of anilines is 4. The number of aromatic nitrogens is 2. The standard InChI is InChI=1S/C26H31ClN6O4S/c1-16(2)38(36,37)24-8-6-5-7-21(24)29-25-20(27)15-28-26(31-25)30-22-14-23(33(34)35)19(13-17(22)3)18-9-11-32(4)12-10-18/h5-8,13-16,18H,9-12H2,1-4H3,(H2,28,29,30,31). The molecule has 10 nitrogen and oxygen atoms in total. The zero-order valence-corrected chi connectivity index (χ0v) is 23.3. The minimum Gasteiger partial charge on any atom is -0.338 e. The summed E-state index contributed by atoms with van der Waals surface area (Å²) in [6.45, 7) is 6.91. The number of halogens is 1. The minimum absolute atomic E-state index is 0.0628. The van der Waals surface area contributed by atoms with Crippen LogP contribution in [-0.4, -0.2) is 53.6 Å². The van der Waals surface area contributed by atoms with Crippen molar-refractivity contribution in [3.05, 3.63) is 68.9 Å². The van der Waals surface area contributed by atoms with Gasteiger partial charge in [0.15, 0.2) is 15.7 Å². The molecule has 1 aromatic heterocycles. The van der Waals surface area contributed by atoms with Gasteiger partial charge in [0.25, 0.3) is 5.69 Å². The topological polar surface area (TPSA) is 130 Å². The summed E-state index contributed by atoms with van der Waals surface area (Å²) in [5, 5.41) is 17.6. The molecule has 0 unspecified atom stereocenters. The number of sulfone groups is 1. The van der Waals surface area contributed by atoms with E-state index in [9.17, 15) is 18.5 Å². The van der Waals surface area contributed by atoms with Crippen LogP contribution in [0.25, 0.3) is 0 Å². The van der Waals surface area contributed by atoms with E-state index in [1.165, 1.54) is 18.3 Å². The van der Waals surface area contributed by atoms with Crippen molar-refractivity contribution in [3.63, 3.8) is 0 Å². The smallest absolute Gasteiger partial charge is 0.274 e. The van der Waals surface area contributed by atoms with Gasteiger partial charge in [-0.05, 0) is 83.4 Å². The van der Waals surface area contributed by atoms with Gasteiger partial charge >= 0.3 is 0 Å². The Hall–Kier alpha value is -3.28. The van der Waals surface area contributed by atoms with Crippen molar-refractivity contribution in [1.29, 1.82) is 0 Å². The first-order chi connectivity index (χ1) is 18.0. The van der Waals surface area contributed by atoms with Crippen LogP contribution < -0.4 is 10.6 Å². The number of piperidine rings is 1. The third-order valence-corrected chi connectivity index (χ3v) is 9.27. The predicted molar refractivity (Wildman–Crippen MR) is 150 cm³/mol. The SMILES string of the molecule is Cc1cc(C2CCN(C)CC2)c([N+](=O)[O-])cc1Nc1ncc(Cl)c(Nc2ccccc2S(=O)(=O)C(C)C)n1. The molecule has 2 heterocycles. The highest BCUT2D eigenvalue weighted by atomic mass is 35.5. The minimum atomic E-state index is -3.57. The summed E-state index contributed by atoms with van der Waals surface area (Å²) in [4.78, 5) is 22.6. The van der Waals surface area contributed by atoms with Crippen LogP contribution in [0.4, 0.5) is 28.8 Å². The molecule has 2 N–H and O–H groups in total. The van der Waals surface area contributed by atoms with Gasteiger partial charge in [-0.1, -0.05) is 23.7 Å². The fourth-order valence-corrected chi connectivity index (χ4v) is 5.83. The molecule has 38 heavy (non-hydrogen) atoms. The molecule has 0 amide bonds. The number of rotatable bonds is 8. The Morgan fingerprint density at radius 1 is 1.13 bits per heavy atom. The fourth-order valence-electron chi connectivity index (χ4n) is 4.49. The number of benzene rings is 2. The summed E-state index contributed by atoms with van der Waals surface area (Å²) in [6, 6.07) is 9.93. The highest BCUT2D eigenvalue weighted by Crippen LogP contribution is 2.38. The molecule has 0 atom stereocenters. The number of hydrogen-bond acceptors (Lipinski definition) is 9. The maximum Gasteiger partial charge on any atom is 0.274 e. The number of hydrogen-bond donors (Lipinski definition) is 2. The quantitative estimate of drug-likeness (QED) is 0.259. The van der Waals surface area contributed by atoms with E-state index < -0.39 is 15.1 Å². The summed E-state index contributed by atoms with van der Waals surface area (Å²) in [5.41, 5.74) is 2.47. The van der Waals surface area contributed by atoms with E-state index in [0.717, 1.165) is 37.1 Å². The maximum absolute atomic E-state index is 12.8. The molecule has 0 bridgehead atoms. The van der Waals surface area contributed by atoms with Crippen LogP contribution in [0.2, 0.25) is 5.02 Å². The first-order valence-corrected chi connectivity index (χ1v) is 14.3. The zero-order chi connectivity index (χ0) is 27.6. The number of para-hydroxylation sites is 1. The average Bonchev–Trinajstić information content (AvgIpc) is 2.87. The number of nitrogens with zero attached hydrogens (tertiary/aromatic N) is 4. The zero-order valence-electron chi connectivity index (χ0n) is 21.7. The van der Waals surface area contributed by atoms with E-state index >= 15 is 0 Å². The Labute approximate surface area is 227 Å². The van der Waals surface area contributed by atoms with Crippen molar-refractivity contribution in [1.82, 2.24) is 14.9 Å². The van der Waals surface area contributed by atoms with Crippen molar-refractivity contribution in [2.45, 2.75) is 49.7 Å². The molecule has 1 aliphatic rings. The van der Waals surface area contributed by atoms with E-state index in [4.69, 9.17) is 11.6 Å². The number of nitrogens with one attached hydrogen (secondary N) is 2. The number of likely N-dealkylation sites (tertiary alicyclic amines) is 1. The summed E-state index contributed by atoms with van der Waals surface area (Å²) < 4.78 is 25.7. The lowest BCUT2D eigenvalue weighted by Gasteiger charge is -2.29. The molecular formula is C26H31ClN6O4S. The Balaban J connectivity index is 1.64. The molecule has 3 aromatic rings. The third-order valence-electron chi connectivity index (χ3n) is 6.79. The van der Waals surface area contributed by atoms with Gasteiger partial charge in [-0.2, -0.15) is 4.98 Å². The molecule has 0 aliphatic carbocycles. The number of aryl methyl sites for hydroxylation is 1. The van der Waals surface area contributed by atoms with Gasteiger partial charge < -0.3 is 15.5 Å². The van der Waals surface area contributed by atoms with Gasteiger partial charge in [0.05, 0.1) is 32.6 Å². The summed E-state index contributed by atoms with van der Waals surface area (Å²) in [6.07, 6.45) is 3.12. The molecule has 0 radical (unpaired) electrons. The van der Waals surface area contributed by atoms with E-state index in [1.807, 2.05) is 13.0 Å². The van der Waals surface area contributed by atoms with Crippen molar-refractivity contribution >= 4 is 50.3 Å². The lowest BCUT2D eigenvalue weighted by molar-refractivity contribution is -0.385. The van der Waals surface area contributed by atoms with Crippen molar-refractivity contribution in [2.24, 2.45) is 0 Å². The maximum atomic E-state index is 12.8. The van der Waals surface area contributed by atoms with Crippen molar-refractivity contribution in [3.8, 4) is 0 Å². The van der Waals surface area contributed by atoms with Crippen LogP contribution in [0.3, 0.4) is 0 Å². The predicted octanol–water partition coefficient (Wildman–Crippen LogP) is 5.83. The van der Waals surface area contributed by atoms with Crippen LogP contribution in [0.1, 0.15) is 43.7 Å². The Kier molecular flexibility index (Phi) is 8.19. The summed E-state index contributed by atoms with van der Waals surface area (Å²) in [7, 11) is -1.51. The first kappa shape index (κ1) is 27.7. The molecule has 0 saturated carbocycles. The Bertz CT molecular complexity index is 1460. The van der Waals surface area contributed by atoms with Gasteiger partial charge in [0.1, 0.15) is 5.02 Å². The average molecular weight is 559 g/mol. The summed E-state index contributed by atoms with van der Waals surface area (Å²) in [5.74, 6) is 0.486. The molecule has 202 valence electrons. The molecule has 12 heteroatoms. The first-order valence-electron chi connectivity index (χ1n) is 12.3. The van der Waals surface area contributed by atoms with Gasteiger partial charge in [-0.3, -0.25) is 10.1 Å². The van der Waals surface area contributed by atoms with Gasteiger partial charge in [-0.15, -0.1) is 0 Å². The van der Waals surface area contributed by atoms with E-state index in [-0.39, 0.29) is 38.2 Å². The molecule has 1 fully saturated rings. The van der Waals surface area contributed by atoms with Crippen LogP contribution in [-0.2, 0) is 9.84 Å². The number of nitro groups is 1. The highest BCUT2D eigenvalue weighted by Gasteiger charge is 2.27. The van der Waals surface area contributed by atoms with Crippen LogP contribution in [0, 0.1) is 17.0 Å². The third kappa shape index (κ3) is 5.90. The fraction of sp³-hybridized carbons (Fsp3) is 0.385. The second-order valence-electron chi connectivity index (χ2n) is 9.79. The second-order valence-corrected chi connectivity index (χ2v) is 12.7. The van der Waals surface area contributed by atoms with E-state index in [1.54, 1.807) is 32.0 Å². The van der Waals surface area contributed by atoms with Gasteiger partial charge in [0.2, 0.25) is 5.95 Å². The Morgan fingerprint density at radius 2 is 1.82 bits per heavy atom.